The first-order valence-corrected chi connectivity index (χ1v) is 15.5. The summed E-state index contributed by atoms with van der Waals surface area (Å²) in [4.78, 5) is 6.95. The molecule has 5 aromatic carbocycles. The van der Waals surface area contributed by atoms with Crippen LogP contribution in [0.5, 0.6) is 5.75 Å². The number of benzene rings is 5. The number of aromatic hydroxyl groups is 1. The fourth-order valence-corrected chi connectivity index (χ4v) is 7.06. The maximum atomic E-state index is 11.0. The molecule has 0 saturated heterocycles. The van der Waals surface area contributed by atoms with Gasteiger partial charge >= 0.3 is 21.1 Å². The standard InChI is InChI=1S/C41H29N4O.Pt/c1-41(2)25-38-31-15-6-5-13-29(31)28-12-3-4-14-30(28)33-22-21-27(24-37(33)43(38)26-44(41)36-19-9-10-20-39(36)46)45-35-18-8-7-16-32(35)34-17-11-23-42-40(34)45;/h3-23,25,46H,1-2H3;/q-1;+2. The average Bonchev–Trinajstić information content (AvgIpc) is 3.42. The van der Waals surface area contributed by atoms with Gasteiger partial charge in [0.25, 0.3) is 0 Å². The average molecular weight is 789 g/mol. The Morgan fingerprint density at radius 1 is 0.681 bits per heavy atom. The van der Waals surface area contributed by atoms with Crippen LogP contribution in [0, 0.1) is 6.07 Å². The summed E-state index contributed by atoms with van der Waals surface area (Å²) in [6.45, 7) is 4.30. The Hall–Kier alpha value is -5.25. The van der Waals surface area contributed by atoms with Crippen LogP contribution in [0.4, 0.5) is 11.4 Å². The second-order valence-electron chi connectivity index (χ2n) is 12.4. The molecule has 47 heavy (non-hydrogen) atoms. The van der Waals surface area contributed by atoms with Crippen LogP contribution in [0.3, 0.4) is 0 Å². The zero-order valence-electron chi connectivity index (χ0n) is 25.8. The quantitative estimate of drug-likeness (QED) is 0.141. The molecule has 1 N–H and O–H groups in total. The third-order valence-corrected chi connectivity index (χ3v) is 9.15. The van der Waals surface area contributed by atoms with Gasteiger partial charge < -0.3 is 14.6 Å². The van der Waals surface area contributed by atoms with Gasteiger partial charge in [0.05, 0.1) is 16.9 Å². The Kier molecular flexibility index (Phi) is 6.78. The molecule has 0 saturated carbocycles. The minimum absolute atomic E-state index is 0. The summed E-state index contributed by atoms with van der Waals surface area (Å²) < 4.78 is 4.22. The number of phenols is 1. The molecule has 228 valence electrons. The molecule has 0 radical (unpaired) electrons. The molecule has 4 heterocycles. The second kappa shape index (κ2) is 10.9. The molecular weight excluding hydrogens is 760 g/mol. The summed E-state index contributed by atoms with van der Waals surface area (Å²) in [6, 6.07) is 45.3. The van der Waals surface area contributed by atoms with E-state index in [9.17, 15) is 5.11 Å². The predicted octanol–water partition coefficient (Wildman–Crippen LogP) is 9.22. The molecule has 2 aliphatic heterocycles. The summed E-state index contributed by atoms with van der Waals surface area (Å²) >= 11 is 0. The molecule has 0 unspecified atom stereocenters. The van der Waals surface area contributed by atoms with Gasteiger partial charge in [-0.3, -0.25) is 4.58 Å². The number of para-hydroxylation sites is 3. The van der Waals surface area contributed by atoms with Gasteiger partial charge in [-0.15, -0.1) is 11.6 Å². The smallest absolute Gasteiger partial charge is 0.513 e. The topological polar surface area (TPSA) is 44.3 Å². The number of rotatable bonds is 2. The largest absolute Gasteiger partial charge is 2.00 e. The maximum absolute atomic E-state index is 11.0. The van der Waals surface area contributed by atoms with E-state index in [-0.39, 0.29) is 26.8 Å². The van der Waals surface area contributed by atoms with E-state index in [2.05, 4.69) is 133 Å². The van der Waals surface area contributed by atoms with Gasteiger partial charge in [0, 0.05) is 17.0 Å². The van der Waals surface area contributed by atoms with E-state index in [0.29, 0.717) is 5.69 Å². The van der Waals surface area contributed by atoms with Crippen LogP contribution >= 0.6 is 0 Å². The first-order chi connectivity index (χ1) is 22.5. The van der Waals surface area contributed by atoms with Crippen molar-refractivity contribution in [3.8, 4) is 33.7 Å². The van der Waals surface area contributed by atoms with Crippen molar-refractivity contribution in [2.45, 2.75) is 19.4 Å². The van der Waals surface area contributed by atoms with Gasteiger partial charge in [-0.2, -0.15) is 12.1 Å². The van der Waals surface area contributed by atoms with Gasteiger partial charge in [-0.25, -0.2) is 4.98 Å². The molecule has 0 spiro atoms. The van der Waals surface area contributed by atoms with Crippen molar-refractivity contribution in [3.05, 3.63) is 145 Å². The summed E-state index contributed by atoms with van der Waals surface area (Å²) in [5.74, 6) is 0.201. The van der Waals surface area contributed by atoms with Crippen LogP contribution in [0.15, 0.2) is 134 Å². The third kappa shape index (κ3) is 4.41. The van der Waals surface area contributed by atoms with Crippen molar-refractivity contribution in [2.75, 3.05) is 4.90 Å². The Bertz CT molecular complexity index is 2380. The molecule has 9 rings (SSSR count). The molecule has 7 aromatic rings. The van der Waals surface area contributed by atoms with Crippen LogP contribution in [-0.4, -0.2) is 31.1 Å². The van der Waals surface area contributed by atoms with E-state index in [4.69, 9.17) is 4.98 Å². The number of aromatic nitrogens is 2. The van der Waals surface area contributed by atoms with Gasteiger partial charge in [0.1, 0.15) is 16.9 Å². The van der Waals surface area contributed by atoms with E-state index in [1.54, 1.807) is 6.07 Å². The minimum atomic E-state index is -0.509. The molecule has 6 heteroatoms. The van der Waals surface area contributed by atoms with Crippen molar-refractivity contribution in [2.24, 2.45) is 0 Å². The predicted molar refractivity (Wildman–Crippen MR) is 186 cm³/mol. The number of pyridine rings is 1. The van der Waals surface area contributed by atoms with Crippen LogP contribution < -0.4 is 4.90 Å². The van der Waals surface area contributed by atoms with Crippen molar-refractivity contribution >= 4 is 45.3 Å². The first-order valence-electron chi connectivity index (χ1n) is 15.5. The summed E-state index contributed by atoms with van der Waals surface area (Å²) in [6.07, 6.45) is 7.85. The Morgan fingerprint density at radius 3 is 2.11 bits per heavy atom. The third-order valence-electron chi connectivity index (χ3n) is 9.15. The minimum Gasteiger partial charge on any atom is -0.513 e. The van der Waals surface area contributed by atoms with E-state index in [1.807, 2.05) is 35.0 Å². The molecule has 0 amide bonds. The molecule has 0 aliphatic carbocycles. The van der Waals surface area contributed by atoms with Crippen LogP contribution in [-0.2, 0) is 21.1 Å². The monoisotopic (exact) mass is 788 g/mol. The van der Waals surface area contributed by atoms with Crippen LogP contribution in [0.1, 0.15) is 19.4 Å². The van der Waals surface area contributed by atoms with E-state index in [1.165, 1.54) is 5.56 Å². The van der Waals surface area contributed by atoms with E-state index in [0.717, 1.165) is 61.3 Å². The van der Waals surface area contributed by atoms with Gasteiger partial charge in [0.2, 0.25) is 6.34 Å². The molecule has 2 aliphatic rings. The number of hydrogen-bond donors (Lipinski definition) is 1. The van der Waals surface area contributed by atoms with Crippen molar-refractivity contribution in [1.82, 2.24) is 9.55 Å². The summed E-state index contributed by atoms with van der Waals surface area (Å²) in [5, 5.41) is 13.3. The van der Waals surface area contributed by atoms with Gasteiger partial charge in [0.15, 0.2) is 0 Å². The Morgan fingerprint density at radius 2 is 1.32 bits per heavy atom. The van der Waals surface area contributed by atoms with Gasteiger partial charge in [-0.1, -0.05) is 102 Å². The number of anilines is 1. The number of hydrogen-bond acceptors (Lipinski definition) is 3. The van der Waals surface area contributed by atoms with Crippen molar-refractivity contribution in [1.29, 1.82) is 0 Å². The van der Waals surface area contributed by atoms with Crippen molar-refractivity contribution in [3.63, 3.8) is 0 Å². The van der Waals surface area contributed by atoms with E-state index < -0.39 is 5.54 Å². The molecule has 5 nitrogen and oxygen atoms in total. The molecule has 0 atom stereocenters. The second-order valence-corrected chi connectivity index (χ2v) is 12.4. The number of nitrogens with zero attached hydrogens (tertiary/aromatic N) is 4. The molecule has 0 fully saturated rings. The molecule has 0 bridgehead atoms. The van der Waals surface area contributed by atoms with Gasteiger partial charge in [-0.05, 0) is 60.9 Å². The summed E-state index contributed by atoms with van der Waals surface area (Å²) in [7, 11) is 0. The zero-order valence-corrected chi connectivity index (χ0v) is 28.0. The van der Waals surface area contributed by atoms with Crippen molar-refractivity contribution < 1.29 is 30.7 Å². The number of phenolic OH excluding ortho intramolecular Hbond substituents is 1. The fraction of sp³-hybridized carbons (Fsp3) is 0.0732. The normalized spacial score (nSPS) is 14.5. The van der Waals surface area contributed by atoms with E-state index >= 15 is 0 Å². The Labute approximate surface area is 287 Å². The molecular formula is C41H29N4OPt+. The Balaban J connectivity index is 0.00000324. The number of fused-ring (bicyclic) bond motifs is 11. The van der Waals surface area contributed by atoms with Crippen LogP contribution in [0.25, 0.3) is 55.6 Å². The fourth-order valence-electron chi connectivity index (χ4n) is 7.06. The summed E-state index contributed by atoms with van der Waals surface area (Å²) in [5.41, 5.74) is 10.5. The molecule has 2 aromatic heterocycles. The van der Waals surface area contributed by atoms with Crippen LogP contribution in [0.2, 0.25) is 0 Å². The maximum Gasteiger partial charge on any atom is 2.00 e. The zero-order chi connectivity index (χ0) is 31.0. The first kappa shape index (κ1) is 29.2. The SMILES string of the molecule is CC1(C)C=C2c3ccccc3-c3ccccc3-c3ccc(-n4c5ccccc5c5cccnc54)[c-]c3N2[C-]=[N+]1c1ccccc1O.[Pt+2].